The summed E-state index contributed by atoms with van der Waals surface area (Å²) in [6, 6.07) is 5.37. The van der Waals surface area contributed by atoms with Gasteiger partial charge in [0.25, 0.3) is 0 Å². The quantitative estimate of drug-likeness (QED) is 0.289. The first-order valence-electron chi connectivity index (χ1n) is 10.9. The molecule has 0 fully saturated rings. The Morgan fingerprint density at radius 2 is 1.90 bits per heavy atom. The number of anilines is 1. The highest BCUT2D eigenvalue weighted by molar-refractivity contribution is 7.93. The molecule has 4 rings (SSSR count). The van der Waals surface area contributed by atoms with E-state index in [9.17, 15) is 21.6 Å². The Bertz CT molecular complexity index is 1550. The van der Waals surface area contributed by atoms with Crippen LogP contribution in [0.5, 0.6) is 5.88 Å². The van der Waals surface area contributed by atoms with Crippen molar-refractivity contribution in [1.29, 1.82) is 0 Å². The molecule has 0 aliphatic rings. The van der Waals surface area contributed by atoms with Crippen LogP contribution < -0.4 is 9.46 Å². The molecular formula is C21H20ClF3N8O5S. The monoisotopic (exact) mass is 588 g/mol. The van der Waals surface area contributed by atoms with Crippen LogP contribution in [0.2, 0.25) is 5.02 Å². The van der Waals surface area contributed by atoms with Gasteiger partial charge in [-0.25, -0.2) is 23.4 Å². The molecule has 0 spiro atoms. The molecule has 2 unspecified atom stereocenters. The second kappa shape index (κ2) is 11.1. The SMILES string of the molecule is COc1cccc(-c2nnc(NS(=O)(=O)C(C)C(OC)c3ncc(Cl)cn3)n2Cc2cc(C(F)(F)F)no2)n1. The number of hydrogen-bond donors (Lipinski definition) is 1. The Balaban J connectivity index is 1.72. The van der Waals surface area contributed by atoms with Crippen molar-refractivity contribution >= 4 is 27.6 Å². The number of alkyl halides is 3. The smallest absolute Gasteiger partial charge is 0.436 e. The molecule has 0 bridgehead atoms. The number of methoxy groups -OCH3 is 2. The van der Waals surface area contributed by atoms with Gasteiger partial charge in [-0.15, -0.1) is 10.2 Å². The minimum atomic E-state index is -4.75. The maximum Gasteiger partial charge on any atom is 0.436 e. The first-order chi connectivity index (χ1) is 18.4. The number of aromatic nitrogens is 7. The number of nitrogens with one attached hydrogen (secondary N) is 1. The largest absolute Gasteiger partial charge is 0.481 e. The zero-order chi connectivity index (χ0) is 28.4. The summed E-state index contributed by atoms with van der Waals surface area (Å²) in [6.45, 7) is 0.927. The van der Waals surface area contributed by atoms with Gasteiger partial charge in [-0.3, -0.25) is 9.29 Å². The average Bonchev–Trinajstić information content (AvgIpc) is 3.53. The van der Waals surface area contributed by atoms with Crippen molar-refractivity contribution < 1.29 is 35.6 Å². The van der Waals surface area contributed by atoms with Gasteiger partial charge < -0.3 is 14.0 Å². The minimum Gasteiger partial charge on any atom is -0.481 e. The van der Waals surface area contributed by atoms with Crippen LogP contribution in [-0.4, -0.2) is 62.8 Å². The summed E-state index contributed by atoms with van der Waals surface area (Å²) in [4.78, 5) is 12.3. The fourth-order valence-electron chi connectivity index (χ4n) is 3.41. The van der Waals surface area contributed by atoms with Gasteiger partial charge in [0.1, 0.15) is 17.0 Å². The Kier molecular flexibility index (Phi) is 8.03. The van der Waals surface area contributed by atoms with Crippen LogP contribution in [0.1, 0.15) is 30.3 Å². The molecule has 2 atom stereocenters. The number of ether oxygens (including phenoxy) is 2. The number of rotatable bonds is 10. The summed E-state index contributed by atoms with van der Waals surface area (Å²) >= 11 is 5.82. The second-order valence-electron chi connectivity index (χ2n) is 7.94. The number of pyridine rings is 1. The van der Waals surface area contributed by atoms with Crippen LogP contribution in [0.15, 0.2) is 41.2 Å². The van der Waals surface area contributed by atoms with Gasteiger partial charge in [-0.2, -0.15) is 13.2 Å². The molecule has 4 aromatic rings. The maximum absolute atomic E-state index is 13.4. The summed E-state index contributed by atoms with van der Waals surface area (Å²) in [5, 5.41) is 9.92. The summed E-state index contributed by atoms with van der Waals surface area (Å²) < 4.78 is 84.7. The predicted octanol–water partition coefficient (Wildman–Crippen LogP) is 3.37. The van der Waals surface area contributed by atoms with Crippen molar-refractivity contribution in [2.45, 2.75) is 31.0 Å². The van der Waals surface area contributed by atoms with E-state index in [0.717, 1.165) is 0 Å². The lowest BCUT2D eigenvalue weighted by Crippen LogP contribution is -2.33. The molecule has 0 aliphatic heterocycles. The van der Waals surface area contributed by atoms with E-state index in [1.807, 2.05) is 0 Å². The molecule has 18 heteroatoms. The molecular weight excluding hydrogens is 569 g/mol. The zero-order valence-corrected chi connectivity index (χ0v) is 22.0. The van der Waals surface area contributed by atoms with Crippen molar-refractivity contribution in [2.75, 3.05) is 18.9 Å². The molecule has 1 N–H and O–H groups in total. The van der Waals surface area contributed by atoms with Crippen LogP contribution in [-0.2, 0) is 27.5 Å². The van der Waals surface area contributed by atoms with E-state index in [0.29, 0.717) is 6.07 Å². The Hall–Kier alpha value is -3.83. The summed E-state index contributed by atoms with van der Waals surface area (Å²) in [6.07, 6.45) is -3.27. The van der Waals surface area contributed by atoms with Crippen molar-refractivity contribution in [2.24, 2.45) is 0 Å². The highest BCUT2D eigenvalue weighted by Crippen LogP contribution is 2.30. The lowest BCUT2D eigenvalue weighted by atomic mass is 10.2. The fraction of sp³-hybridized carbons (Fsp3) is 0.333. The molecule has 4 heterocycles. The van der Waals surface area contributed by atoms with Gasteiger partial charge in [0.2, 0.25) is 21.9 Å². The molecule has 39 heavy (non-hydrogen) atoms. The van der Waals surface area contributed by atoms with Crippen molar-refractivity contribution in [3.63, 3.8) is 0 Å². The van der Waals surface area contributed by atoms with E-state index in [2.05, 4.69) is 35.0 Å². The molecule has 208 valence electrons. The first-order valence-corrected chi connectivity index (χ1v) is 12.8. The van der Waals surface area contributed by atoms with E-state index in [1.54, 1.807) is 12.1 Å². The van der Waals surface area contributed by atoms with Gasteiger partial charge in [0, 0.05) is 31.6 Å². The highest BCUT2D eigenvalue weighted by Gasteiger charge is 2.36. The molecule has 0 saturated carbocycles. The third-order valence-electron chi connectivity index (χ3n) is 5.37. The highest BCUT2D eigenvalue weighted by atomic mass is 35.5. The molecule has 0 amide bonds. The Morgan fingerprint density at radius 1 is 1.18 bits per heavy atom. The normalized spacial score (nSPS) is 13.7. The summed E-state index contributed by atoms with van der Waals surface area (Å²) in [7, 11) is -1.61. The molecule has 0 aliphatic carbocycles. The topological polar surface area (TPSA) is 160 Å². The predicted molar refractivity (Wildman–Crippen MR) is 129 cm³/mol. The second-order valence-corrected chi connectivity index (χ2v) is 10.4. The summed E-state index contributed by atoms with van der Waals surface area (Å²) in [5.74, 6) is -0.303. The van der Waals surface area contributed by atoms with Crippen LogP contribution in [0.3, 0.4) is 0 Å². The van der Waals surface area contributed by atoms with Gasteiger partial charge >= 0.3 is 6.18 Å². The third-order valence-corrected chi connectivity index (χ3v) is 7.26. The van der Waals surface area contributed by atoms with Gasteiger partial charge in [0.15, 0.2) is 23.1 Å². The van der Waals surface area contributed by atoms with Crippen LogP contribution >= 0.6 is 11.6 Å². The maximum atomic E-state index is 13.4. The Labute approximate surface area is 224 Å². The lowest BCUT2D eigenvalue weighted by molar-refractivity contribution is -0.142. The van der Waals surface area contributed by atoms with Gasteiger partial charge in [-0.05, 0) is 13.0 Å². The number of halogens is 4. The fourth-order valence-corrected chi connectivity index (χ4v) is 4.65. The first kappa shape index (κ1) is 28.2. The Morgan fingerprint density at radius 3 is 2.51 bits per heavy atom. The lowest BCUT2D eigenvalue weighted by Gasteiger charge is -2.22. The minimum absolute atomic E-state index is 0.00791. The van der Waals surface area contributed by atoms with E-state index in [4.69, 9.17) is 25.6 Å². The van der Waals surface area contributed by atoms with E-state index in [-0.39, 0.29) is 40.0 Å². The van der Waals surface area contributed by atoms with Gasteiger partial charge in [0.05, 0.1) is 18.7 Å². The van der Waals surface area contributed by atoms with Crippen molar-refractivity contribution in [3.05, 3.63) is 59.0 Å². The van der Waals surface area contributed by atoms with E-state index in [1.165, 1.54) is 44.2 Å². The van der Waals surface area contributed by atoms with E-state index >= 15 is 0 Å². The average molecular weight is 589 g/mol. The molecule has 0 saturated heterocycles. The number of nitrogens with zero attached hydrogens (tertiary/aromatic N) is 7. The summed E-state index contributed by atoms with van der Waals surface area (Å²) in [5.41, 5.74) is -1.06. The van der Waals surface area contributed by atoms with Gasteiger partial charge in [-0.1, -0.05) is 22.8 Å². The van der Waals surface area contributed by atoms with Crippen molar-refractivity contribution in [1.82, 2.24) is 34.9 Å². The molecule has 0 aromatic carbocycles. The van der Waals surface area contributed by atoms with E-state index < -0.39 is 39.8 Å². The molecule has 0 radical (unpaired) electrons. The third kappa shape index (κ3) is 6.26. The van der Waals surface area contributed by atoms with Crippen LogP contribution in [0.25, 0.3) is 11.5 Å². The number of hydrogen-bond acceptors (Lipinski definition) is 11. The molecule has 13 nitrogen and oxygen atoms in total. The van der Waals surface area contributed by atoms with Crippen LogP contribution in [0, 0.1) is 0 Å². The number of sulfonamides is 1. The van der Waals surface area contributed by atoms with Crippen LogP contribution in [0.4, 0.5) is 19.1 Å². The zero-order valence-electron chi connectivity index (χ0n) is 20.4. The standard InChI is InChI=1S/C21H20ClF3N8O5S/c1-11(17(37-3)18-26-8-12(22)9-27-18)39(34,35)32-20-30-29-19(14-5-4-6-16(28-14)36-2)33(20)10-13-7-15(31-38-13)21(23,24)25/h4-9,11,17H,10H2,1-3H3,(H,30,32). The van der Waals surface area contributed by atoms with Crippen molar-refractivity contribution in [3.8, 4) is 17.4 Å². The molecule has 4 aromatic heterocycles.